The molecular weight excluding hydrogens is 310 g/mol. The van der Waals surface area contributed by atoms with Crippen molar-refractivity contribution in [2.24, 2.45) is 0 Å². The highest BCUT2D eigenvalue weighted by molar-refractivity contribution is 9.10. The molecule has 0 aliphatic rings. The molecule has 96 valence electrons. The summed E-state index contributed by atoms with van der Waals surface area (Å²) in [5.74, 6) is 0.650. The van der Waals surface area contributed by atoms with Crippen LogP contribution in [0.1, 0.15) is 5.56 Å². The maximum absolute atomic E-state index is 11.7. The van der Waals surface area contributed by atoms with Crippen LogP contribution in [0.15, 0.2) is 27.5 Å². The van der Waals surface area contributed by atoms with E-state index in [1.165, 1.54) is 0 Å². The monoisotopic (exact) mass is 319 g/mol. The third-order valence-electron chi connectivity index (χ3n) is 2.81. The molecule has 0 radical (unpaired) electrons. The minimum Gasteiger partial charge on any atom is -0.369 e. The van der Waals surface area contributed by atoms with E-state index in [1.54, 1.807) is 0 Å². The van der Waals surface area contributed by atoms with Gasteiger partial charge in [0.2, 0.25) is 5.95 Å². The number of imidazole rings is 1. The quantitative estimate of drug-likeness (QED) is 0.638. The van der Waals surface area contributed by atoms with Crippen molar-refractivity contribution in [1.82, 2.24) is 19.9 Å². The lowest BCUT2D eigenvalue weighted by atomic mass is 10.1. The first-order valence-electron chi connectivity index (χ1n) is 5.56. The zero-order valence-electron chi connectivity index (χ0n) is 9.99. The molecule has 19 heavy (non-hydrogen) atoms. The Morgan fingerprint density at radius 2 is 2.05 bits per heavy atom. The van der Waals surface area contributed by atoms with E-state index >= 15 is 0 Å². The number of aromatic amines is 2. The van der Waals surface area contributed by atoms with E-state index in [-0.39, 0.29) is 11.5 Å². The summed E-state index contributed by atoms with van der Waals surface area (Å²) in [7, 11) is 0. The first-order valence-corrected chi connectivity index (χ1v) is 6.36. The standard InChI is InChI=1S/C12H10BrN5O/c1-5-4-6(2-3-7(5)13)9-15-8-10(16-9)17-12(14)18-11(8)19/h2-4H,1H3,(H4,14,15,16,17,18,19). The molecule has 3 rings (SSSR count). The fourth-order valence-corrected chi connectivity index (χ4v) is 2.10. The van der Waals surface area contributed by atoms with E-state index in [0.717, 1.165) is 15.6 Å². The van der Waals surface area contributed by atoms with Crippen molar-refractivity contribution in [2.75, 3.05) is 5.73 Å². The van der Waals surface area contributed by atoms with Crippen LogP contribution in [-0.4, -0.2) is 19.9 Å². The van der Waals surface area contributed by atoms with Gasteiger partial charge in [-0.05, 0) is 24.6 Å². The molecule has 0 bridgehead atoms. The lowest BCUT2D eigenvalue weighted by Gasteiger charge is -2.00. The highest BCUT2D eigenvalue weighted by atomic mass is 79.9. The van der Waals surface area contributed by atoms with Crippen LogP contribution in [0.4, 0.5) is 5.95 Å². The smallest absolute Gasteiger partial charge is 0.278 e. The molecule has 3 aromatic rings. The van der Waals surface area contributed by atoms with Crippen molar-refractivity contribution in [3.63, 3.8) is 0 Å². The Morgan fingerprint density at radius 3 is 2.79 bits per heavy atom. The molecule has 0 aliphatic carbocycles. The van der Waals surface area contributed by atoms with Gasteiger partial charge in [-0.2, -0.15) is 4.98 Å². The SMILES string of the molecule is Cc1cc(-c2nc3nc(N)[nH]c(=O)c3[nH]2)ccc1Br. The van der Waals surface area contributed by atoms with Gasteiger partial charge >= 0.3 is 0 Å². The van der Waals surface area contributed by atoms with Gasteiger partial charge in [0.05, 0.1) is 0 Å². The predicted octanol–water partition coefficient (Wildman–Crippen LogP) is 1.97. The summed E-state index contributed by atoms with van der Waals surface area (Å²) in [5.41, 5.74) is 7.77. The molecule has 0 atom stereocenters. The van der Waals surface area contributed by atoms with Crippen molar-refractivity contribution >= 4 is 33.0 Å². The number of nitrogen functional groups attached to an aromatic ring is 1. The molecule has 6 nitrogen and oxygen atoms in total. The molecule has 4 N–H and O–H groups in total. The van der Waals surface area contributed by atoms with Crippen LogP contribution in [0, 0.1) is 6.92 Å². The lowest BCUT2D eigenvalue weighted by Crippen LogP contribution is -2.10. The number of nitrogens with two attached hydrogens (primary N) is 1. The molecule has 2 heterocycles. The van der Waals surface area contributed by atoms with Gasteiger partial charge in [-0.25, -0.2) is 4.98 Å². The van der Waals surface area contributed by atoms with E-state index in [1.807, 2.05) is 25.1 Å². The average Bonchev–Trinajstić information content (AvgIpc) is 2.76. The maximum atomic E-state index is 11.7. The van der Waals surface area contributed by atoms with E-state index in [4.69, 9.17) is 5.73 Å². The highest BCUT2D eigenvalue weighted by Crippen LogP contribution is 2.23. The van der Waals surface area contributed by atoms with Gasteiger partial charge in [0.1, 0.15) is 5.82 Å². The molecule has 0 fully saturated rings. The van der Waals surface area contributed by atoms with Crippen molar-refractivity contribution in [3.05, 3.63) is 38.6 Å². The second-order valence-electron chi connectivity index (χ2n) is 4.20. The minimum atomic E-state index is -0.324. The van der Waals surface area contributed by atoms with Gasteiger partial charge in [0.25, 0.3) is 5.56 Å². The Morgan fingerprint density at radius 1 is 1.26 bits per heavy atom. The summed E-state index contributed by atoms with van der Waals surface area (Å²) >= 11 is 3.44. The molecule has 2 aromatic heterocycles. The minimum absolute atomic E-state index is 0.0579. The number of H-pyrrole nitrogens is 2. The van der Waals surface area contributed by atoms with Gasteiger partial charge in [-0.1, -0.05) is 22.0 Å². The Bertz CT molecular complexity index is 836. The predicted molar refractivity (Wildman–Crippen MR) is 76.8 cm³/mol. The second kappa shape index (κ2) is 4.20. The van der Waals surface area contributed by atoms with Crippen LogP contribution >= 0.6 is 15.9 Å². The van der Waals surface area contributed by atoms with E-state index in [0.29, 0.717) is 17.0 Å². The number of rotatable bonds is 1. The van der Waals surface area contributed by atoms with Gasteiger partial charge < -0.3 is 10.7 Å². The first-order chi connectivity index (χ1) is 9.04. The topological polar surface area (TPSA) is 100 Å². The molecule has 7 heteroatoms. The van der Waals surface area contributed by atoms with Crippen LogP contribution in [0.3, 0.4) is 0 Å². The normalized spacial score (nSPS) is 11.1. The molecule has 1 aromatic carbocycles. The summed E-state index contributed by atoms with van der Waals surface area (Å²) in [6.07, 6.45) is 0. The Labute approximate surface area is 116 Å². The number of benzene rings is 1. The van der Waals surface area contributed by atoms with Crippen LogP contribution in [-0.2, 0) is 0 Å². The number of aryl methyl sites for hydroxylation is 1. The number of aromatic nitrogens is 4. The van der Waals surface area contributed by atoms with Crippen molar-refractivity contribution < 1.29 is 0 Å². The van der Waals surface area contributed by atoms with Crippen molar-refractivity contribution in [2.45, 2.75) is 6.92 Å². The number of hydrogen-bond acceptors (Lipinski definition) is 4. The second-order valence-corrected chi connectivity index (χ2v) is 5.05. The Kier molecular flexibility index (Phi) is 2.63. The number of anilines is 1. The zero-order valence-corrected chi connectivity index (χ0v) is 11.6. The fraction of sp³-hybridized carbons (Fsp3) is 0.0833. The van der Waals surface area contributed by atoms with Crippen LogP contribution in [0.5, 0.6) is 0 Å². The Hall–Kier alpha value is -2.15. The zero-order chi connectivity index (χ0) is 13.6. The molecule has 0 unspecified atom stereocenters. The van der Waals surface area contributed by atoms with E-state index in [2.05, 4.69) is 35.9 Å². The van der Waals surface area contributed by atoms with E-state index < -0.39 is 0 Å². The fourth-order valence-electron chi connectivity index (χ4n) is 1.85. The number of nitrogens with one attached hydrogen (secondary N) is 2. The van der Waals surface area contributed by atoms with Crippen molar-refractivity contribution in [3.8, 4) is 11.4 Å². The molecule has 0 spiro atoms. The summed E-state index contributed by atoms with van der Waals surface area (Å²) in [6.45, 7) is 1.99. The van der Waals surface area contributed by atoms with Crippen LogP contribution < -0.4 is 11.3 Å². The number of nitrogens with zero attached hydrogens (tertiary/aromatic N) is 2. The van der Waals surface area contributed by atoms with Crippen molar-refractivity contribution in [1.29, 1.82) is 0 Å². The largest absolute Gasteiger partial charge is 0.369 e. The third-order valence-corrected chi connectivity index (χ3v) is 3.70. The summed E-state index contributed by atoms with van der Waals surface area (Å²) in [4.78, 5) is 25.4. The highest BCUT2D eigenvalue weighted by Gasteiger charge is 2.10. The summed E-state index contributed by atoms with van der Waals surface area (Å²) in [5, 5.41) is 0. The molecule has 0 amide bonds. The maximum Gasteiger partial charge on any atom is 0.278 e. The van der Waals surface area contributed by atoms with Gasteiger partial charge in [-0.3, -0.25) is 9.78 Å². The van der Waals surface area contributed by atoms with Gasteiger partial charge in [0.15, 0.2) is 11.2 Å². The molecule has 0 saturated carbocycles. The molecular formula is C12H10BrN5O. The summed E-state index contributed by atoms with van der Waals surface area (Å²) < 4.78 is 1.02. The van der Waals surface area contributed by atoms with Gasteiger partial charge in [-0.15, -0.1) is 0 Å². The number of halogens is 1. The Balaban J connectivity index is 2.23. The molecule has 0 aliphatic heterocycles. The van der Waals surface area contributed by atoms with E-state index in [9.17, 15) is 4.79 Å². The number of fused-ring (bicyclic) bond motifs is 1. The number of hydrogen-bond donors (Lipinski definition) is 3. The lowest BCUT2D eigenvalue weighted by molar-refractivity contribution is 1.17. The summed E-state index contributed by atoms with van der Waals surface area (Å²) in [6, 6.07) is 5.82. The van der Waals surface area contributed by atoms with Gasteiger partial charge in [0, 0.05) is 10.0 Å². The third kappa shape index (κ3) is 2.01. The molecule has 0 saturated heterocycles. The van der Waals surface area contributed by atoms with Crippen LogP contribution in [0.2, 0.25) is 0 Å². The average molecular weight is 320 g/mol. The first kappa shape index (κ1) is 11.9. The van der Waals surface area contributed by atoms with Crippen LogP contribution in [0.25, 0.3) is 22.6 Å².